The molecule has 3 N–H and O–H groups in total. The van der Waals surface area contributed by atoms with Gasteiger partial charge < -0.3 is 25.1 Å². The zero-order valence-corrected chi connectivity index (χ0v) is 22.8. The number of para-hydroxylation sites is 2. The van der Waals surface area contributed by atoms with Crippen molar-refractivity contribution >= 4 is 34.2 Å². The number of nitrogens with one attached hydrogen (secondary N) is 1. The first kappa shape index (κ1) is 29.0. The fourth-order valence-electron chi connectivity index (χ4n) is 4.83. The van der Waals surface area contributed by atoms with Crippen molar-refractivity contribution in [3.8, 4) is 5.75 Å². The van der Waals surface area contributed by atoms with Crippen LogP contribution in [0.3, 0.4) is 0 Å². The Morgan fingerprint density at radius 1 is 0.976 bits per heavy atom. The number of halogens is 3. The fraction of sp³-hybridized carbons (Fsp3) is 0.290. The normalized spacial score (nSPS) is 14.1. The van der Waals surface area contributed by atoms with Crippen LogP contribution in [0.5, 0.6) is 5.75 Å². The average Bonchev–Trinajstić information content (AvgIpc) is 3.42. The number of anilines is 2. The van der Waals surface area contributed by atoms with Gasteiger partial charge in [-0.05, 0) is 80.5 Å². The van der Waals surface area contributed by atoms with E-state index in [9.17, 15) is 22.8 Å². The van der Waals surface area contributed by atoms with Crippen LogP contribution in [0.4, 0.5) is 24.5 Å². The Bertz CT molecular complexity index is 1550. The van der Waals surface area contributed by atoms with Crippen molar-refractivity contribution in [3.63, 3.8) is 0 Å². The van der Waals surface area contributed by atoms with Crippen LogP contribution in [-0.4, -0.2) is 54.5 Å². The fourth-order valence-corrected chi connectivity index (χ4v) is 4.83. The highest BCUT2D eigenvalue weighted by molar-refractivity contribution is 6.05. The highest BCUT2D eigenvalue weighted by atomic mass is 19.4. The van der Waals surface area contributed by atoms with Crippen molar-refractivity contribution in [1.82, 2.24) is 9.80 Å². The zero-order chi connectivity index (χ0) is 29.7. The van der Waals surface area contributed by atoms with E-state index in [1.165, 1.54) is 12.1 Å². The van der Waals surface area contributed by atoms with Crippen LogP contribution in [0.1, 0.15) is 45.7 Å². The summed E-state index contributed by atoms with van der Waals surface area (Å²) in [4.78, 5) is 29.8. The van der Waals surface area contributed by atoms with E-state index in [4.69, 9.17) is 14.9 Å². The van der Waals surface area contributed by atoms with Crippen LogP contribution in [0.25, 0.3) is 11.0 Å². The van der Waals surface area contributed by atoms with Gasteiger partial charge in [0.05, 0.1) is 30.2 Å². The molecule has 0 aliphatic carbocycles. The maximum absolute atomic E-state index is 13.5. The molecule has 3 aromatic carbocycles. The molecule has 0 spiro atoms. The minimum Gasteiger partial charge on any atom is -0.492 e. The van der Waals surface area contributed by atoms with Crippen molar-refractivity contribution in [2.75, 3.05) is 44.0 Å². The standard InChI is InChI=1S/C31H31F3N4O4/c32-31(33,34)23-11-8-22-18-28(42-27(22)19-23)30(40)38(20-37-14-4-1-5-15-37)16-17-41-24-12-9-21(10-13-24)29(39)36-26-7-3-2-6-25(26)35/h2-3,6-13,18-19H,1,4-5,14-17,20,35H2,(H,36,39). The molecule has 1 aromatic heterocycles. The summed E-state index contributed by atoms with van der Waals surface area (Å²) in [5, 5.41) is 3.19. The largest absolute Gasteiger partial charge is 0.492 e. The maximum Gasteiger partial charge on any atom is 0.416 e. The number of nitrogens with zero attached hydrogens (tertiary/aromatic N) is 2. The molecule has 5 rings (SSSR count). The van der Waals surface area contributed by atoms with Gasteiger partial charge >= 0.3 is 6.18 Å². The first-order chi connectivity index (χ1) is 20.2. The van der Waals surface area contributed by atoms with E-state index in [1.54, 1.807) is 53.4 Å². The molecule has 1 saturated heterocycles. The number of hydrogen-bond donors (Lipinski definition) is 2. The molecule has 0 bridgehead atoms. The van der Waals surface area contributed by atoms with E-state index in [0.717, 1.165) is 44.5 Å². The zero-order valence-electron chi connectivity index (χ0n) is 22.8. The number of furan rings is 1. The summed E-state index contributed by atoms with van der Waals surface area (Å²) in [5.74, 6) is -0.262. The number of fused-ring (bicyclic) bond motifs is 1. The van der Waals surface area contributed by atoms with Gasteiger partial charge in [-0.3, -0.25) is 14.5 Å². The van der Waals surface area contributed by atoms with Crippen LogP contribution in [0, 0.1) is 0 Å². The highest BCUT2D eigenvalue weighted by Crippen LogP contribution is 2.32. The van der Waals surface area contributed by atoms with Crippen molar-refractivity contribution in [2.45, 2.75) is 25.4 Å². The maximum atomic E-state index is 13.5. The SMILES string of the molecule is Nc1ccccc1NC(=O)c1ccc(OCCN(CN2CCCCC2)C(=O)c2cc3ccc(C(F)(F)F)cc3o2)cc1. The molecule has 0 unspecified atom stereocenters. The summed E-state index contributed by atoms with van der Waals surface area (Å²) in [6.07, 6.45) is -1.33. The molecule has 1 aliphatic rings. The van der Waals surface area contributed by atoms with Crippen LogP contribution >= 0.6 is 0 Å². The minimum absolute atomic E-state index is 0.00132. The number of nitrogen functional groups attached to an aromatic ring is 1. The lowest BCUT2D eigenvalue weighted by Gasteiger charge is -2.32. The molecule has 8 nitrogen and oxygen atoms in total. The third-order valence-electron chi connectivity index (χ3n) is 7.12. The van der Waals surface area contributed by atoms with E-state index < -0.39 is 17.6 Å². The second-order valence-corrected chi connectivity index (χ2v) is 10.2. The lowest BCUT2D eigenvalue weighted by molar-refractivity contribution is -0.137. The Kier molecular flexibility index (Phi) is 8.67. The molecule has 0 radical (unpaired) electrons. The molecule has 1 fully saturated rings. The molecule has 2 heterocycles. The molecule has 0 saturated carbocycles. The summed E-state index contributed by atoms with van der Waals surface area (Å²) in [6.45, 7) is 2.41. The number of piperidine rings is 1. The van der Waals surface area contributed by atoms with E-state index in [0.29, 0.717) is 34.7 Å². The number of ether oxygens (including phenoxy) is 1. The summed E-state index contributed by atoms with van der Waals surface area (Å²) in [5.41, 5.74) is 6.46. The minimum atomic E-state index is -4.51. The van der Waals surface area contributed by atoms with E-state index in [1.807, 2.05) is 0 Å². The monoisotopic (exact) mass is 580 g/mol. The third kappa shape index (κ3) is 7.03. The summed E-state index contributed by atoms with van der Waals surface area (Å²) >= 11 is 0. The third-order valence-corrected chi connectivity index (χ3v) is 7.12. The Labute approximate surface area is 240 Å². The Morgan fingerprint density at radius 2 is 1.71 bits per heavy atom. The van der Waals surface area contributed by atoms with Crippen LogP contribution in [0.15, 0.2) is 77.2 Å². The lowest BCUT2D eigenvalue weighted by atomic mass is 10.1. The van der Waals surface area contributed by atoms with Gasteiger partial charge in [0.15, 0.2) is 5.76 Å². The summed E-state index contributed by atoms with van der Waals surface area (Å²) in [7, 11) is 0. The number of benzene rings is 3. The van der Waals surface area contributed by atoms with Gasteiger partial charge in [0.1, 0.15) is 17.9 Å². The van der Waals surface area contributed by atoms with Gasteiger partial charge in [-0.25, -0.2) is 0 Å². The quantitative estimate of drug-likeness (QED) is 0.227. The molecular weight excluding hydrogens is 549 g/mol. The number of alkyl halides is 3. The number of hydrogen-bond acceptors (Lipinski definition) is 6. The highest BCUT2D eigenvalue weighted by Gasteiger charge is 2.31. The van der Waals surface area contributed by atoms with Gasteiger partial charge in [0, 0.05) is 10.9 Å². The number of nitrogens with two attached hydrogens (primary N) is 1. The molecule has 1 aliphatic heterocycles. The summed E-state index contributed by atoms with van der Waals surface area (Å²) < 4.78 is 50.9. The first-order valence-corrected chi connectivity index (χ1v) is 13.7. The topological polar surface area (TPSA) is 101 Å². The number of amides is 2. The van der Waals surface area contributed by atoms with E-state index in [-0.39, 0.29) is 30.4 Å². The van der Waals surface area contributed by atoms with Gasteiger partial charge in [0.2, 0.25) is 0 Å². The van der Waals surface area contributed by atoms with Gasteiger partial charge in [-0.2, -0.15) is 13.2 Å². The smallest absolute Gasteiger partial charge is 0.416 e. The molecule has 42 heavy (non-hydrogen) atoms. The van der Waals surface area contributed by atoms with Gasteiger partial charge in [-0.1, -0.05) is 24.6 Å². The number of likely N-dealkylation sites (tertiary alicyclic amines) is 1. The van der Waals surface area contributed by atoms with Crippen LogP contribution < -0.4 is 15.8 Å². The van der Waals surface area contributed by atoms with Crippen molar-refractivity contribution in [2.24, 2.45) is 0 Å². The Hall–Kier alpha value is -4.51. The second kappa shape index (κ2) is 12.6. The number of carbonyl (C=O) groups is 2. The predicted molar refractivity (Wildman–Crippen MR) is 153 cm³/mol. The first-order valence-electron chi connectivity index (χ1n) is 13.7. The van der Waals surface area contributed by atoms with Gasteiger partial charge in [0.25, 0.3) is 11.8 Å². The summed E-state index contributed by atoms with van der Waals surface area (Å²) in [6, 6.07) is 18.2. The van der Waals surface area contributed by atoms with Crippen LogP contribution in [-0.2, 0) is 6.18 Å². The van der Waals surface area contributed by atoms with Gasteiger partial charge in [-0.15, -0.1) is 0 Å². The Balaban J connectivity index is 1.24. The molecule has 4 aromatic rings. The molecule has 2 amide bonds. The van der Waals surface area contributed by atoms with E-state index in [2.05, 4.69) is 10.2 Å². The van der Waals surface area contributed by atoms with Crippen LogP contribution in [0.2, 0.25) is 0 Å². The average molecular weight is 581 g/mol. The molecule has 220 valence electrons. The van der Waals surface area contributed by atoms with Crippen molar-refractivity contribution in [3.05, 3.63) is 89.7 Å². The van der Waals surface area contributed by atoms with Crippen molar-refractivity contribution in [1.29, 1.82) is 0 Å². The van der Waals surface area contributed by atoms with Crippen molar-refractivity contribution < 1.29 is 31.9 Å². The number of carbonyl (C=O) groups excluding carboxylic acids is 2. The Morgan fingerprint density at radius 3 is 2.43 bits per heavy atom. The number of rotatable bonds is 9. The predicted octanol–water partition coefficient (Wildman–Crippen LogP) is 6.25. The van der Waals surface area contributed by atoms with E-state index >= 15 is 0 Å². The lowest BCUT2D eigenvalue weighted by Crippen LogP contribution is -2.45. The molecular formula is C31H31F3N4O4. The molecule has 11 heteroatoms. The second-order valence-electron chi connectivity index (χ2n) is 10.2. The molecule has 0 atom stereocenters.